The Labute approximate surface area is 179 Å². The molecule has 0 aliphatic rings. The SMILES string of the molecule is CN=C(NCc1nc(-c2ccco2)n[nH]1)N(C)Cc1ccc(OC)c(F)c1.I. The van der Waals surface area contributed by atoms with Crippen molar-refractivity contribution in [2.75, 3.05) is 21.2 Å². The Hall–Kier alpha value is -2.63. The number of nitrogens with one attached hydrogen (secondary N) is 2. The molecule has 2 heterocycles. The van der Waals surface area contributed by atoms with E-state index in [9.17, 15) is 4.39 Å². The third-order valence-electron chi connectivity index (χ3n) is 3.90. The van der Waals surface area contributed by atoms with Gasteiger partial charge in [-0.3, -0.25) is 10.1 Å². The van der Waals surface area contributed by atoms with Gasteiger partial charge in [0.1, 0.15) is 5.82 Å². The Kier molecular flexibility index (Phi) is 7.79. The largest absolute Gasteiger partial charge is 0.494 e. The number of halogens is 2. The molecule has 2 N–H and O–H groups in total. The molecule has 0 amide bonds. The molecular weight excluding hydrogens is 478 g/mol. The summed E-state index contributed by atoms with van der Waals surface area (Å²) in [6.07, 6.45) is 1.57. The molecule has 0 fully saturated rings. The Morgan fingerprint density at radius 3 is 2.86 bits per heavy atom. The average Bonchev–Trinajstić information content (AvgIpc) is 3.34. The third kappa shape index (κ3) is 5.21. The summed E-state index contributed by atoms with van der Waals surface area (Å²) in [5, 5.41) is 10.2. The molecule has 3 aromatic rings. The number of benzene rings is 1. The molecule has 10 heteroatoms. The zero-order valence-electron chi connectivity index (χ0n) is 15.8. The van der Waals surface area contributed by atoms with E-state index < -0.39 is 5.82 Å². The van der Waals surface area contributed by atoms with Gasteiger partial charge >= 0.3 is 0 Å². The van der Waals surface area contributed by atoms with Crippen LogP contribution in [0.25, 0.3) is 11.6 Å². The van der Waals surface area contributed by atoms with E-state index in [2.05, 4.69) is 25.5 Å². The number of hydrogen-bond acceptors (Lipinski definition) is 5. The minimum atomic E-state index is -0.390. The molecule has 0 atom stereocenters. The van der Waals surface area contributed by atoms with Crippen LogP contribution in [-0.2, 0) is 13.1 Å². The van der Waals surface area contributed by atoms with Crippen molar-refractivity contribution in [1.82, 2.24) is 25.4 Å². The maximum Gasteiger partial charge on any atom is 0.216 e. The Balaban J connectivity index is 0.00000280. The molecule has 0 aliphatic heterocycles. The zero-order valence-corrected chi connectivity index (χ0v) is 18.1. The molecule has 1 aromatic carbocycles. The minimum absolute atomic E-state index is 0. The maximum atomic E-state index is 13.9. The summed E-state index contributed by atoms with van der Waals surface area (Å²) in [4.78, 5) is 10.5. The lowest BCUT2D eigenvalue weighted by molar-refractivity contribution is 0.385. The van der Waals surface area contributed by atoms with Crippen LogP contribution in [0, 0.1) is 5.82 Å². The predicted octanol–water partition coefficient (Wildman–Crippen LogP) is 3.04. The van der Waals surface area contributed by atoms with Crippen LogP contribution < -0.4 is 10.1 Å². The van der Waals surface area contributed by atoms with Gasteiger partial charge in [-0.1, -0.05) is 6.07 Å². The second kappa shape index (κ2) is 10.1. The number of H-pyrrole nitrogens is 1. The summed E-state index contributed by atoms with van der Waals surface area (Å²) in [5.74, 6) is 2.21. The number of guanidine groups is 1. The van der Waals surface area contributed by atoms with Gasteiger partial charge in [0.2, 0.25) is 5.82 Å². The van der Waals surface area contributed by atoms with Crippen LogP contribution in [0.2, 0.25) is 0 Å². The van der Waals surface area contributed by atoms with Crippen LogP contribution in [0.15, 0.2) is 46.0 Å². The molecule has 0 spiro atoms. The first-order valence-corrected chi connectivity index (χ1v) is 8.30. The van der Waals surface area contributed by atoms with Gasteiger partial charge in [0.05, 0.1) is 19.9 Å². The smallest absolute Gasteiger partial charge is 0.216 e. The van der Waals surface area contributed by atoms with Gasteiger partial charge in [-0.15, -0.1) is 29.1 Å². The maximum absolute atomic E-state index is 13.9. The summed E-state index contributed by atoms with van der Waals surface area (Å²) in [6, 6.07) is 8.45. The van der Waals surface area contributed by atoms with Crippen molar-refractivity contribution in [3.63, 3.8) is 0 Å². The number of nitrogens with zero attached hydrogens (tertiary/aromatic N) is 4. The number of methoxy groups -OCH3 is 1. The van der Waals surface area contributed by atoms with Crippen molar-refractivity contribution in [1.29, 1.82) is 0 Å². The number of ether oxygens (including phenoxy) is 1. The van der Waals surface area contributed by atoms with Crippen molar-refractivity contribution >= 4 is 29.9 Å². The molecule has 2 aromatic heterocycles. The lowest BCUT2D eigenvalue weighted by Gasteiger charge is -2.22. The van der Waals surface area contributed by atoms with Crippen molar-refractivity contribution < 1.29 is 13.5 Å². The molecule has 0 saturated carbocycles. The van der Waals surface area contributed by atoms with Crippen LogP contribution in [0.1, 0.15) is 11.4 Å². The van der Waals surface area contributed by atoms with Gasteiger partial charge in [0.25, 0.3) is 0 Å². The topological polar surface area (TPSA) is 91.6 Å². The Bertz CT molecular complexity index is 913. The number of aromatic amines is 1. The molecule has 0 aliphatic carbocycles. The third-order valence-corrected chi connectivity index (χ3v) is 3.90. The van der Waals surface area contributed by atoms with Gasteiger partial charge in [-0.2, -0.15) is 0 Å². The summed E-state index contributed by atoms with van der Waals surface area (Å²) in [5.41, 5.74) is 0.804. The molecule has 0 bridgehead atoms. The molecule has 0 saturated heterocycles. The number of furan rings is 1. The van der Waals surface area contributed by atoms with Gasteiger partial charge in [0, 0.05) is 20.6 Å². The van der Waals surface area contributed by atoms with Crippen molar-refractivity contribution in [3.8, 4) is 17.3 Å². The molecule has 150 valence electrons. The average molecular weight is 500 g/mol. The van der Waals surface area contributed by atoms with Gasteiger partial charge in [-0.05, 0) is 29.8 Å². The molecule has 0 unspecified atom stereocenters. The van der Waals surface area contributed by atoms with Crippen LogP contribution >= 0.6 is 24.0 Å². The van der Waals surface area contributed by atoms with Crippen LogP contribution in [0.4, 0.5) is 4.39 Å². The predicted molar refractivity (Wildman–Crippen MR) is 114 cm³/mol. The first-order valence-electron chi connectivity index (χ1n) is 8.30. The minimum Gasteiger partial charge on any atom is -0.494 e. The van der Waals surface area contributed by atoms with Crippen molar-refractivity contribution in [2.24, 2.45) is 4.99 Å². The molecule has 8 nitrogen and oxygen atoms in total. The van der Waals surface area contributed by atoms with Crippen LogP contribution in [0.3, 0.4) is 0 Å². The summed E-state index contributed by atoms with van der Waals surface area (Å²) in [7, 11) is 4.99. The lowest BCUT2D eigenvalue weighted by Crippen LogP contribution is -2.38. The second-order valence-corrected chi connectivity index (χ2v) is 5.81. The normalized spacial score (nSPS) is 11.1. The fourth-order valence-corrected chi connectivity index (χ4v) is 2.59. The summed E-state index contributed by atoms with van der Waals surface area (Å²) >= 11 is 0. The first-order chi connectivity index (χ1) is 13.1. The Morgan fingerprint density at radius 2 is 2.21 bits per heavy atom. The standard InChI is InChI=1S/C18H21FN6O2.HI/c1-20-18(25(2)11-12-6-7-14(26-3)13(19)9-12)21-10-16-22-17(24-23-16)15-5-4-8-27-15;/h4-9H,10-11H2,1-3H3,(H,20,21)(H,22,23,24);1H. The monoisotopic (exact) mass is 500 g/mol. The lowest BCUT2D eigenvalue weighted by atomic mass is 10.2. The van der Waals surface area contributed by atoms with E-state index in [1.54, 1.807) is 31.5 Å². The summed E-state index contributed by atoms with van der Waals surface area (Å²) in [6.45, 7) is 0.885. The van der Waals surface area contributed by atoms with E-state index in [1.807, 2.05) is 18.0 Å². The highest BCUT2D eigenvalue weighted by Gasteiger charge is 2.12. The molecule has 3 rings (SSSR count). The highest BCUT2D eigenvalue weighted by Crippen LogP contribution is 2.18. The molecular formula is C18H22FIN6O2. The van der Waals surface area contributed by atoms with Crippen LogP contribution in [-0.4, -0.2) is 47.2 Å². The van der Waals surface area contributed by atoms with Gasteiger partial charge in [-0.25, -0.2) is 9.37 Å². The van der Waals surface area contributed by atoms with E-state index in [0.717, 1.165) is 5.56 Å². The number of aliphatic imine (C=N–C) groups is 1. The van der Waals surface area contributed by atoms with E-state index in [-0.39, 0.29) is 29.7 Å². The number of hydrogen-bond donors (Lipinski definition) is 2. The fraction of sp³-hybridized carbons (Fsp3) is 0.278. The molecule has 28 heavy (non-hydrogen) atoms. The van der Waals surface area contributed by atoms with E-state index in [4.69, 9.17) is 9.15 Å². The van der Waals surface area contributed by atoms with Gasteiger partial charge in [0.15, 0.2) is 23.3 Å². The number of aromatic nitrogens is 3. The highest BCUT2D eigenvalue weighted by atomic mass is 127. The fourth-order valence-electron chi connectivity index (χ4n) is 2.59. The second-order valence-electron chi connectivity index (χ2n) is 5.81. The van der Waals surface area contributed by atoms with Crippen LogP contribution in [0.5, 0.6) is 5.75 Å². The number of rotatable bonds is 6. The summed E-state index contributed by atoms with van der Waals surface area (Å²) < 4.78 is 24.1. The van der Waals surface area contributed by atoms with E-state index >= 15 is 0 Å². The molecule has 0 radical (unpaired) electrons. The Morgan fingerprint density at radius 1 is 1.39 bits per heavy atom. The van der Waals surface area contributed by atoms with E-state index in [1.165, 1.54) is 13.2 Å². The quantitative estimate of drug-likeness (QED) is 0.307. The van der Waals surface area contributed by atoms with Crippen molar-refractivity contribution in [3.05, 3.63) is 53.8 Å². The van der Waals surface area contributed by atoms with Gasteiger partial charge < -0.3 is 19.4 Å². The highest BCUT2D eigenvalue weighted by molar-refractivity contribution is 14.0. The first kappa shape index (κ1) is 21.7. The van der Waals surface area contributed by atoms with Crippen molar-refractivity contribution in [2.45, 2.75) is 13.1 Å². The van der Waals surface area contributed by atoms with E-state index in [0.29, 0.717) is 36.5 Å². The zero-order chi connectivity index (χ0) is 19.2.